The number of benzene rings is 2. The Labute approximate surface area is 145 Å². The van der Waals surface area contributed by atoms with Crippen molar-refractivity contribution in [2.24, 2.45) is 0 Å². The van der Waals surface area contributed by atoms with Gasteiger partial charge in [0.25, 0.3) is 5.91 Å². The highest BCUT2D eigenvalue weighted by atomic mass is 16.3. The Hall–Kier alpha value is -3.08. The Morgan fingerprint density at radius 1 is 1.04 bits per heavy atom. The fourth-order valence-corrected chi connectivity index (χ4v) is 3.39. The molecule has 4 rings (SSSR count). The molecule has 0 atom stereocenters. The van der Waals surface area contributed by atoms with Gasteiger partial charge in [-0.15, -0.1) is 0 Å². The van der Waals surface area contributed by atoms with Crippen LogP contribution in [0.25, 0.3) is 21.9 Å². The number of carbonyl (C=O) groups excluding carboxylic acids is 1. The van der Waals surface area contributed by atoms with E-state index >= 15 is 0 Å². The molecule has 2 heterocycles. The number of likely N-dealkylation sites (tertiary alicyclic amines) is 1. The molecular formula is C20H19N3O2. The van der Waals surface area contributed by atoms with E-state index < -0.39 is 0 Å². The van der Waals surface area contributed by atoms with E-state index in [4.69, 9.17) is 5.73 Å². The summed E-state index contributed by atoms with van der Waals surface area (Å²) in [6.07, 6.45) is 3.71. The summed E-state index contributed by atoms with van der Waals surface area (Å²) >= 11 is 0. The van der Waals surface area contributed by atoms with Crippen molar-refractivity contribution in [3.05, 3.63) is 54.2 Å². The van der Waals surface area contributed by atoms with E-state index in [9.17, 15) is 9.90 Å². The van der Waals surface area contributed by atoms with Gasteiger partial charge in [-0.25, -0.2) is 4.98 Å². The van der Waals surface area contributed by atoms with Gasteiger partial charge in [-0.3, -0.25) is 4.79 Å². The van der Waals surface area contributed by atoms with Crippen LogP contribution in [0, 0.1) is 0 Å². The molecule has 1 aromatic heterocycles. The molecule has 2 aromatic carbocycles. The first-order valence-corrected chi connectivity index (χ1v) is 8.40. The topological polar surface area (TPSA) is 79.5 Å². The van der Waals surface area contributed by atoms with E-state index in [0.29, 0.717) is 22.2 Å². The lowest BCUT2D eigenvalue weighted by Gasteiger charge is -2.16. The minimum absolute atomic E-state index is 0.0607. The summed E-state index contributed by atoms with van der Waals surface area (Å²) in [6, 6.07) is 12.8. The number of hydrogen-bond donors (Lipinski definition) is 2. The number of fused-ring (bicyclic) bond motifs is 1. The first-order valence-electron chi connectivity index (χ1n) is 8.40. The van der Waals surface area contributed by atoms with Crippen molar-refractivity contribution < 1.29 is 9.90 Å². The van der Waals surface area contributed by atoms with Crippen LogP contribution >= 0.6 is 0 Å². The average molecular weight is 333 g/mol. The number of aromatic hydroxyl groups is 1. The van der Waals surface area contributed by atoms with Crippen LogP contribution in [0.3, 0.4) is 0 Å². The van der Waals surface area contributed by atoms with Crippen LogP contribution in [0.4, 0.5) is 5.82 Å². The molecular weight excluding hydrogens is 314 g/mol. The average Bonchev–Trinajstić information content (AvgIpc) is 3.16. The van der Waals surface area contributed by atoms with Crippen LogP contribution in [0.2, 0.25) is 0 Å². The van der Waals surface area contributed by atoms with Crippen LogP contribution in [0.1, 0.15) is 23.2 Å². The second-order valence-corrected chi connectivity index (χ2v) is 6.37. The number of hydrogen-bond acceptors (Lipinski definition) is 4. The van der Waals surface area contributed by atoms with Gasteiger partial charge in [0.15, 0.2) is 0 Å². The predicted octanol–water partition coefficient (Wildman–Crippen LogP) is 3.43. The molecule has 0 bridgehead atoms. The smallest absolute Gasteiger partial charge is 0.253 e. The largest absolute Gasteiger partial charge is 0.507 e. The third-order valence-electron chi connectivity index (χ3n) is 4.73. The quantitative estimate of drug-likeness (QED) is 0.753. The molecule has 0 saturated carbocycles. The van der Waals surface area contributed by atoms with Crippen molar-refractivity contribution in [1.29, 1.82) is 0 Å². The Morgan fingerprint density at radius 3 is 2.64 bits per heavy atom. The summed E-state index contributed by atoms with van der Waals surface area (Å²) in [7, 11) is 0. The van der Waals surface area contributed by atoms with E-state index in [0.717, 1.165) is 37.1 Å². The first-order chi connectivity index (χ1) is 12.1. The molecule has 0 unspecified atom stereocenters. The Bertz CT molecular complexity index is 962. The van der Waals surface area contributed by atoms with Gasteiger partial charge >= 0.3 is 0 Å². The lowest BCUT2D eigenvalue weighted by atomic mass is 9.99. The molecule has 0 aliphatic carbocycles. The summed E-state index contributed by atoms with van der Waals surface area (Å²) in [5, 5.41) is 11.7. The normalized spacial score (nSPS) is 14.2. The van der Waals surface area contributed by atoms with Gasteiger partial charge in [0.2, 0.25) is 0 Å². The monoisotopic (exact) mass is 333 g/mol. The number of aromatic nitrogens is 1. The van der Waals surface area contributed by atoms with Gasteiger partial charge in [0.1, 0.15) is 11.6 Å². The fourth-order valence-electron chi connectivity index (χ4n) is 3.39. The molecule has 1 aliphatic heterocycles. The minimum Gasteiger partial charge on any atom is -0.507 e. The number of rotatable bonds is 2. The van der Waals surface area contributed by atoms with E-state index in [-0.39, 0.29) is 11.7 Å². The number of nitrogen functional groups attached to an aromatic ring is 1. The number of amides is 1. The van der Waals surface area contributed by atoms with Crippen LogP contribution in [-0.2, 0) is 0 Å². The molecule has 5 heteroatoms. The van der Waals surface area contributed by atoms with E-state index in [1.54, 1.807) is 18.3 Å². The summed E-state index contributed by atoms with van der Waals surface area (Å²) in [5.41, 5.74) is 8.29. The SMILES string of the molecule is Nc1nccc2c(O)cc(-c3cccc(C(=O)N4CCCC4)c3)cc12. The molecule has 0 spiro atoms. The molecule has 1 fully saturated rings. The van der Waals surface area contributed by atoms with Crippen molar-refractivity contribution in [3.63, 3.8) is 0 Å². The molecule has 1 saturated heterocycles. The van der Waals surface area contributed by atoms with Gasteiger partial charge < -0.3 is 15.7 Å². The summed E-state index contributed by atoms with van der Waals surface area (Å²) in [4.78, 5) is 18.6. The number of phenols is 1. The lowest BCUT2D eigenvalue weighted by molar-refractivity contribution is 0.0793. The zero-order valence-electron chi connectivity index (χ0n) is 13.8. The van der Waals surface area contributed by atoms with Crippen molar-refractivity contribution >= 4 is 22.5 Å². The zero-order chi connectivity index (χ0) is 17.4. The predicted molar refractivity (Wildman–Crippen MR) is 98.4 cm³/mol. The van der Waals surface area contributed by atoms with Gasteiger partial charge in [0.05, 0.1) is 0 Å². The maximum atomic E-state index is 12.6. The lowest BCUT2D eigenvalue weighted by Crippen LogP contribution is -2.27. The number of nitrogens with zero attached hydrogens (tertiary/aromatic N) is 2. The number of anilines is 1. The zero-order valence-corrected chi connectivity index (χ0v) is 13.8. The van der Waals surface area contributed by atoms with Crippen molar-refractivity contribution in [1.82, 2.24) is 9.88 Å². The number of carbonyl (C=O) groups is 1. The second kappa shape index (κ2) is 6.09. The van der Waals surface area contributed by atoms with Gasteiger partial charge in [-0.2, -0.15) is 0 Å². The highest BCUT2D eigenvalue weighted by molar-refractivity contribution is 5.99. The number of nitrogens with two attached hydrogens (primary N) is 1. The molecule has 126 valence electrons. The molecule has 1 amide bonds. The van der Waals surface area contributed by atoms with Gasteiger partial charge in [0, 0.05) is 35.6 Å². The van der Waals surface area contributed by atoms with Crippen molar-refractivity contribution in [2.45, 2.75) is 12.8 Å². The standard InChI is InChI=1S/C20H19N3O2/c21-19-17-11-15(12-18(24)16(17)6-7-22-19)13-4-3-5-14(10-13)20(25)23-8-1-2-9-23/h3-7,10-12,24H,1-2,8-9H2,(H2,21,22). The molecule has 25 heavy (non-hydrogen) atoms. The Balaban J connectivity index is 1.77. The summed E-state index contributed by atoms with van der Waals surface area (Å²) in [5.74, 6) is 0.586. The second-order valence-electron chi connectivity index (χ2n) is 6.37. The van der Waals surface area contributed by atoms with E-state index in [1.807, 2.05) is 35.2 Å². The summed E-state index contributed by atoms with van der Waals surface area (Å²) < 4.78 is 0. The third-order valence-corrected chi connectivity index (χ3v) is 4.73. The van der Waals surface area contributed by atoms with E-state index in [2.05, 4.69) is 4.98 Å². The molecule has 5 nitrogen and oxygen atoms in total. The highest BCUT2D eigenvalue weighted by Crippen LogP contribution is 2.34. The van der Waals surface area contributed by atoms with Gasteiger partial charge in [-0.05, 0) is 54.3 Å². The van der Waals surface area contributed by atoms with Crippen LogP contribution in [-0.4, -0.2) is 34.0 Å². The maximum absolute atomic E-state index is 12.6. The van der Waals surface area contributed by atoms with Crippen LogP contribution in [0.5, 0.6) is 5.75 Å². The van der Waals surface area contributed by atoms with Crippen LogP contribution in [0.15, 0.2) is 48.7 Å². The molecule has 3 aromatic rings. The van der Waals surface area contributed by atoms with Gasteiger partial charge in [-0.1, -0.05) is 12.1 Å². The van der Waals surface area contributed by atoms with Crippen LogP contribution < -0.4 is 5.73 Å². The Morgan fingerprint density at radius 2 is 1.84 bits per heavy atom. The van der Waals surface area contributed by atoms with E-state index in [1.165, 1.54) is 0 Å². The molecule has 3 N–H and O–H groups in total. The minimum atomic E-state index is 0.0607. The molecule has 1 aliphatic rings. The Kier molecular flexibility index (Phi) is 3.76. The maximum Gasteiger partial charge on any atom is 0.253 e. The first kappa shape index (κ1) is 15.4. The third kappa shape index (κ3) is 2.78. The molecule has 0 radical (unpaired) electrons. The summed E-state index contributed by atoms with van der Waals surface area (Å²) in [6.45, 7) is 1.64. The number of phenolic OH excluding ortho intramolecular Hbond substituents is 1. The number of pyridine rings is 1. The highest BCUT2D eigenvalue weighted by Gasteiger charge is 2.19. The van der Waals surface area contributed by atoms with Crippen molar-refractivity contribution in [2.75, 3.05) is 18.8 Å². The van der Waals surface area contributed by atoms with Crippen molar-refractivity contribution in [3.8, 4) is 16.9 Å². The fraction of sp³-hybridized carbons (Fsp3) is 0.200.